The molecule has 0 radical (unpaired) electrons. The topological polar surface area (TPSA) is 152 Å². The number of aryl methyl sites for hydroxylation is 1. The third kappa shape index (κ3) is 3.26. The Balaban J connectivity index is 1.91. The second-order valence-corrected chi connectivity index (χ2v) is 12.6. The highest BCUT2D eigenvalue weighted by atomic mass is 16.4. The van der Waals surface area contributed by atoms with Crippen LogP contribution in [0.2, 0.25) is 0 Å². The highest BCUT2D eigenvalue weighted by Crippen LogP contribution is 2.68. The van der Waals surface area contributed by atoms with Crippen molar-refractivity contribution in [3.8, 4) is 16.9 Å². The van der Waals surface area contributed by atoms with E-state index in [-0.39, 0.29) is 16.9 Å². The van der Waals surface area contributed by atoms with Crippen LogP contribution in [0.3, 0.4) is 0 Å². The number of allylic oxidation sites excluding steroid dienone is 1. The summed E-state index contributed by atoms with van der Waals surface area (Å²) < 4.78 is 0. The molecule has 5 N–H and O–H groups in total. The molecule has 0 heterocycles. The molecule has 5 rings (SSSR count). The Morgan fingerprint density at radius 1 is 0.976 bits per heavy atom. The van der Waals surface area contributed by atoms with Gasteiger partial charge in [-0.05, 0) is 48.4 Å². The smallest absolute Gasteiger partial charge is 0.203 e. The number of carbonyl (C=O) groups is 3. The number of aliphatic hydroxyl groups is 4. The van der Waals surface area contributed by atoms with Crippen LogP contribution in [0.1, 0.15) is 64.2 Å². The van der Waals surface area contributed by atoms with E-state index < -0.39 is 74.7 Å². The summed E-state index contributed by atoms with van der Waals surface area (Å²) in [6.07, 6.45) is -1.67. The van der Waals surface area contributed by atoms with Crippen molar-refractivity contribution < 1.29 is 39.9 Å². The van der Waals surface area contributed by atoms with E-state index in [0.29, 0.717) is 11.1 Å². The maximum Gasteiger partial charge on any atom is 0.203 e. The zero-order valence-corrected chi connectivity index (χ0v) is 24.2. The lowest BCUT2D eigenvalue weighted by Crippen LogP contribution is -2.75. The molecule has 0 aliphatic heterocycles. The number of aliphatic hydroxyl groups excluding tert-OH is 3. The fourth-order valence-electron chi connectivity index (χ4n) is 7.98. The van der Waals surface area contributed by atoms with E-state index in [9.17, 15) is 39.9 Å². The Hall–Kier alpha value is -3.75. The molecule has 6 atom stereocenters. The van der Waals surface area contributed by atoms with Gasteiger partial charge in [0.2, 0.25) is 5.78 Å². The summed E-state index contributed by atoms with van der Waals surface area (Å²) in [5.74, 6) is -7.29. The Bertz CT molecular complexity index is 1600. The van der Waals surface area contributed by atoms with Gasteiger partial charge < -0.3 is 25.5 Å². The van der Waals surface area contributed by atoms with Gasteiger partial charge in [-0.1, -0.05) is 70.5 Å². The van der Waals surface area contributed by atoms with Gasteiger partial charge in [-0.2, -0.15) is 0 Å². The largest absolute Gasteiger partial charge is 0.508 e. The third-order valence-electron chi connectivity index (χ3n) is 10.2. The second kappa shape index (κ2) is 8.87. The van der Waals surface area contributed by atoms with Crippen molar-refractivity contribution in [2.75, 3.05) is 0 Å². The Morgan fingerprint density at radius 3 is 2.10 bits per heavy atom. The van der Waals surface area contributed by atoms with E-state index in [0.717, 1.165) is 18.1 Å². The maximum absolute atomic E-state index is 14.5. The van der Waals surface area contributed by atoms with Crippen molar-refractivity contribution in [2.45, 2.75) is 66.1 Å². The van der Waals surface area contributed by atoms with Gasteiger partial charge >= 0.3 is 0 Å². The van der Waals surface area contributed by atoms with E-state index in [1.165, 1.54) is 13.0 Å². The molecule has 1 saturated carbocycles. The van der Waals surface area contributed by atoms with E-state index in [1.54, 1.807) is 33.8 Å². The molecule has 0 saturated heterocycles. The minimum absolute atomic E-state index is 0.0154. The Kier molecular flexibility index (Phi) is 6.23. The van der Waals surface area contributed by atoms with E-state index in [1.807, 2.05) is 31.2 Å². The quantitative estimate of drug-likeness (QED) is 0.339. The minimum atomic E-state index is -2.90. The molecule has 3 aliphatic rings. The molecule has 0 bridgehead atoms. The molecule has 41 heavy (non-hydrogen) atoms. The zero-order valence-electron chi connectivity index (χ0n) is 24.2. The summed E-state index contributed by atoms with van der Waals surface area (Å²) in [6, 6.07) is 10.8. The number of aromatic hydroxyl groups is 1. The molecule has 2 aromatic rings. The number of hydrogen-bond donors (Lipinski definition) is 5. The zero-order chi connectivity index (χ0) is 30.6. The second-order valence-electron chi connectivity index (χ2n) is 12.6. The predicted octanol–water partition coefficient (Wildman–Crippen LogP) is 4.70. The first kappa shape index (κ1) is 28.8. The van der Waals surface area contributed by atoms with Gasteiger partial charge in [0.1, 0.15) is 22.8 Å². The first-order chi connectivity index (χ1) is 19.0. The van der Waals surface area contributed by atoms with Gasteiger partial charge in [0.25, 0.3) is 0 Å². The fraction of sp³-hybridized carbons (Fsp3) is 0.424. The first-order valence-corrected chi connectivity index (χ1v) is 13.8. The maximum atomic E-state index is 14.5. The van der Waals surface area contributed by atoms with Crippen LogP contribution in [-0.2, 0) is 14.4 Å². The molecule has 216 valence electrons. The van der Waals surface area contributed by atoms with Gasteiger partial charge in [-0.25, -0.2) is 0 Å². The van der Waals surface area contributed by atoms with E-state index in [4.69, 9.17) is 0 Å². The molecule has 1 unspecified atom stereocenters. The minimum Gasteiger partial charge on any atom is -0.508 e. The van der Waals surface area contributed by atoms with Crippen LogP contribution >= 0.6 is 0 Å². The SMILES string of the molecule is CC(=O)C1=C(O)[C@]2(O)C(=O)C3=C(O)c4c(O)ccc(-c5ccc(C)cc5)c4[C@@H](C)[C@]3(C)[C@@H](O)[C@]2(C)C(C(C)C)C1=O. The van der Waals surface area contributed by atoms with Crippen LogP contribution in [0.15, 0.2) is 53.3 Å². The summed E-state index contributed by atoms with van der Waals surface area (Å²) in [5, 5.41) is 58.6. The van der Waals surface area contributed by atoms with Crippen molar-refractivity contribution in [1.82, 2.24) is 0 Å². The van der Waals surface area contributed by atoms with E-state index in [2.05, 4.69) is 0 Å². The average molecular weight is 561 g/mol. The van der Waals surface area contributed by atoms with E-state index >= 15 is 0 Å². The van der Waals surface area contributed by atoms with Gasteiger partial charge in [0.05, 0.1) is 17.2 Å². The molecule has 8 nitrogen and oxygen atoms in total. The molecule has 3 aliphatic carbocycles. The van der Waals surface area contributed by atoms with Crippen molar-refractivity contribution >= 4 is 23.1 Å². The first-order valence-electron chi connectivity index (χ1n) is 13.8. The number of carbonyl (C=O) groups excluding carboxylic acids is 3. The number of fused-ring (bicyclic) bond motifs is 3. The molecule has 8 heteroatoms. The van der Waals surface area contributed by atoms with Gasteiger partial charge in [0, 0.05) is 16.7 Å². The number of phenols is 1. The predicted molar refractivity (Wildman–Crippen MR) is 152 cm³/mol. The standard InChI is InChI=1S/C33H36O8/c1-14(2)24-26(36)22(17(5)34)28(38)33(41)29(39)25-27(37)23-20(35)13-12-19(18-10-8-15(3)9-11-18)21(23)16(4)31(25,6)30(40)32(24,33)7/h8-14,16,24,30,35,37-38,40-41H,1-7H3/t16-,24?,30-,31+,32+,33+/m1/s1. The molecule has 0 amide bonds. The van der Waals surface area contributed by atoms with Crippen molar-refractivity contribution in [3.05, 3.63) is 70.0 Å². The van der Waals surface area contributed by atoms with Crippen LogP contribution in [0, 0.1) is 29.6 Å². The number of benzene rings is 2. The van der Waals surface area contributed by atoms with Crippen LogP contribution in [0.5, 0.6) is 5.75 Å². The highest BCUT2D eigenvalue weighted by Gasteiger charge is 2.77. The highest BCUT2D eigenvalue weighted by molar-refractivity contribution is 6.24. The molecule has 2 aromatic carbocycles. The van der Waals surface area contributed by atoms with Crippen molar-refractivity contribution in [1.29, 1.82) is 0 Å². The number of phenolic OH excluding ortho intramolecular Hbond substituents is 1. The van der Waals surface area contributed by atoms with Crippen LogP contribution < -0.4 is 0 Å². The lowest BCUT2D eigenvalue weighted by Gasteiger charge is -2.63. The lowest BCUT2D eigenvalue weighted by molar-refractivity contribution is -0.215. The van der Waals surface area contributed by atoms with Crippen LogP contribution in [0.25, 0.3) is 16.9 Å². The van der Waals surface area contributed by atoms with Crippen molar-refractivity contribution in [3.63, 3.8) is 0 Å². The van der Waals surface area contributed by atoms with Crippen LogP contribution in [-0.4, -0.2) is 54.6 Å². The Morgan fingerprint density at radius 2 is 1.56 bits per heavy atom. The van der Waals surface area contributed by atoms with Crippen molar-refractivity contribution in [2.24, 2.45) is 22.7 Å². The number of ketones is 3. The lowest BCUT2D eigenvalue weighted by atomic mass is 9.40. The fourth-order valence-corrected chi connectivity index (χ4v) is 7.98. The van der Waals surface area contributed by atoms with Gasteiger partial charge in [-0.3, -0.25) is 14.4 Å². The monoisotopic (exact) mass is 560 g/mol. The average Bonchev–Trinajstić information content (AvgIpc) is 2.89. The van der Waals surface area contributed by atoms with Gasteiger partial charge in [-0.15, -0.1) is 0 Å². The summed E-state index contributed by atoms with van der Waals surface area (Å²) in [4.78, 5) is 40.8. The number of Topliss-reactive ketones (excluding diaryl/α,β-unsaturated/α-hetero) is 3. The molecular weight excluding hydrogens is 524 g/mol. The number of rotatable bonds is 3. The Labute approximate surface area is 238 Å². The van der Waals surface area contributed by atoms with Gasteiger partial charge in [0.15, 0.2) is 17.2 Å². The number of hydrogen-bond acceptors (Lipinski definition) is 8. The summed E-state index contributed by atoms with van der Waals surface area (Å²) >= 11 is 0. The summed E-state index contributed by atoms with van der Waals surface area (Å²) in [5.41, 5.74) is -4.57. The summed E-state index contributed by atoms with van der Waals surface area (Å²) in [6.45, 7) is 11.1. The van der Waals surface area contributed by atoms with Crippen LogP contribution in [0.4, 0.5) is 0 Å². The molecule has 0 spiro atoms. The summed E-state index contributed by atoms with van der Waals surface area (Å²) in [7, 11) is 0. The normalized spacial score (nSPS) is 33.1. The molecule has 1 fully saturated rings. The third-order valence-corrected chi connectivity index (χ3v) is 10.2. The molecular formula is C33H36O8. The molecule has 0 aromatic heterocycles.